The summed E-state index contributed by atoms with van der Waals surface area (Å²) in [5, 5.41) is 0. The second kappa shape index (κ2) is 2.77. The second-order valence-electron chi connectivity index (χ2n) is 2.30. The van der Waals surface area contributed by atoms with Gasteiger partial charge in [0, 0.05) is 12.3 Å². The molecule has 0 bridgehead atoms. The molecule has 2 rings (SSSR count). The fourth-order valence-corrected chi connectivity index (χ4v) is 0.976. The van der Waals surface area contributed by atoms with Crippen molar-refractivity contribution in [2.45, 2.75) is 0 Å². The Morgan fingerprint density at radius 3 is 2.67 bits per heavy atom. The third kappa shape index (κ3) is 1.09. The Bertz CT molecular complexity index is 352. The van der Waals surface area contributed by atoms with Crippen molar-refractivity contribution < 1.29 is 9.31 Å². The zero-order valence-electron chi connectivity index (χ0n) is 6.21. The first-order valence-electron chi connectivity index (χ1n) is 3.51. The fraction of sp³-hybridized carbons (Fsp3) is 0. The number of nitrogens with zero attached hydrogens (tertiary/aromatic N) is 1. The van der Waals surface area contributed by atoms with Gasteiger partial charge >= 0.3 is 7.25 Å². The second-order valence-corrected chi connectivity index (χ2v) is 2.30. The zero-order valence-corrected chi connectivity index (χ0v) is 6.21. The van der Waals surface area contributed by atoms with E-state index in [9.17, 15) is 4.79 Å². The molecule has 0 saturated heterocycles. The van der Waals surface area contributed by atoms with E-state index in [1.165, 1.54) is 23.1 Å². The van der Waals surface area contributed by atoms with E-state index in [2.05, 4.69) is 0 Å². The van der Waals surface area contributed by atoms with Crippen LogP contribution in [0.5, 0.6) is 0 Å². The summed E-state index contributed by atoms with van der Waals surface area (Å²) in [4.78, 5) is 11.2. The summed E-state index contributed by atoms with van der Waals surface area (Å²) in [6, 6.07) is 4.86. The average molecular weight is 163 g/mol. The van der Waals surface area contributed by atoms with Gasteiger partial charge in [-0.25, -0.2) is 0 Å². The average Bonchev–Trinajstić information content (AvgIpc) is 2.57. The minimum Gasteiger partial charge on any atom is -0.510 e. The van der Waals surface area contributed by atoms with E-state index in [1.54, 1.807) is 18.3 Å². The van der Waals surface area contributed by atoms with Gasteiger partial charge < -0.3 is 9.31 Å². The van der Waals surface area contributed by atoms with Gasteiger partial charge in [-0.05, 0) is 6.07 Å². The van der Waals surface area contributed by atoms with E-state index in [1.807, 2.05) is 0 Å². The van der Waals surface area contributed by atoms with Crippen molar-refractivity contribution in [1.82, 2.24) is 4.48 Å². The standard InChI is InChI=1S/C7H6BNO3/c10-7-3-1-2-4-9(7)8-11-5-6-12-8/h1-6H. The Balaban J connectivity index is 2.34. The van der Waals surface area contributed by atoms with Gasteiger partial charge in [0.1, 0.15) is 0 Å². The van der Waals surface area contributed by atoms with E-state index in [0.29, 0.717) is 0 Å². The van der Waals surface area contributed by atoms with Gasteiger partial charge in [0.05, 0.1) is 12.5 Å². The van der Waals surface area contributed by atoms with Gasteiger partial charge in [-0.3, -0.25) is 9.27 Å². The van der Waals surface area contributed by atoms with Gasteiger partial charge in [0.25, 0.3) is 0 Å². The molecule has 1 aliphatic rings. The van der Waals surface area contributed by atoms with Crippen LogP contribution in [0.1, 0.15) is 0 Å². The molecule has 12 heavy (non-hydrogen) atoms. The first-order chi connectivity index (χ1) is 5.88. The molecular formula is C7H6BNO3. The highest BCUT2D eigenvalue weighted by Crippen LogP contribution is 2.00. The highest BCUT2D eigenvalue weighted by atomic mass is 16.6. The lowest BCUT2D eigenvalue weighted by atomic mass is 10.1. The van der Waals surface area contributed by atoms with Crippen LogP contribution in [-0.2, 0) is 9.31 Å². The fourth-order valence-electron chi connectivity index (χ4n) is 0.976. The Kier molecular flexibility index (Phi) is 1.62. The highest BCUT2D eigenvalue weighted by Gasteiger charge is 2.28. The van der Waals surface area contributed by atoms with Crippen molar-refractivity contribution in [1.29, 1.82) is 0 Å². The molecule has 0 aliphatic carbocycles. The van der Waals surface area contributed by atoms with Crippen LogP contribution < -0.4 is 5.56 Å². The van der Waals surface area contributed by atoms with Crippen LogP contribution in [0.25, 0.3) is 0 Å². The van der Waals surface area contributed by atoms with Crippen LogP contribution in [0.3, 0.4) is 0 Å². The first kappa shape index (κ1) is 7.03. The lowest BCUT2D eigenvalue weighted by Gasteiger charge is -2.05. The molecule has 1 aromatic rings. The maximum atomic E-state index is 11.2. The molecule has 0 fully saturated rings. The molecule has 1 aromatic heterocycles. The summed E-state index contributed by atoms with van der Waals surface area (Å²) in [6.07, 6.45) is 4.42. The number of aromatic nitrogens is 1. The third-order valence-corrected chi connectivity index (χ3v) is 1.52. The largest absolute Gasteiger partial charge is 0.744 e. The van der Waals surface area contributed by atoms with Crippen molar-refractivity contribution in [3.05, 3.63) is 47.3 Å². The number of hydrogen-bond donors (Lipinski definition) is 0. The van der Waals surface area contributed by atoms with Crippen LogP contribution in [-0.4, -0.2) is 11.7 Å². The summed E-state index contributed by atoms with van der Waals surface area (Å²) in [5.74, 6) is 0. The summed E-state index contributed by atoms with van der Waals surface area (Å²) in [6.45, 7) is 0. The molecule has 0 radical (unpaired) electrons. The van der Waals surface area contributed by atoms with Crippen LogP contribution in [0.4, 0.5) is 0 Å². The van der Waals surface area contributed by atoms with Gasteiger partial charge in [-0.2, -0.15) is 0 Å². The molecule has 0 unspecified atom stereocenters. The minimum atomic E-state index is -0.640. The number of hydrogen-bond acceptors (Lipinski definition) is 3. The smallest absolute Gasteiger partial charge is 0.510 e. The monoisotopic (exact) mass is 163 g/mol. The molecule has 0 spiro atoms. The molecule has 2 heterocycles. The van der Waals surface area contributed by atoms with E-state index in [0.717, 1.165) is 0 Å². The van der Waals surface area contributed by atoms with Gasteiger partial charge in [-0.15, -0.1) is 0 Å². The predicted octanol–water partition coefficient (Wildman–Crippen LogP) is 0.199. The number of rotatable bonds is 1. The summed E-state index contributed by atoms with van der Waals surface area (Å²) in [7, 11) is -0.640. The molecule has 5 heteroatoms. The number of pyridine rings is 1. The van der Waals surface area contributed by atoms with E-state index < -0.39 is 7.25 Å². The van der Waals surface area contributed by atoms with Crippen LogP contribution >= 0.6 is 0 Å². The molecule has 60 valence electrons. The zero-order chi connectivity index (χ0) is 8.39. The van der Waals surface area contributed by atoms with Crippen molar-refractivity contribution in [2.75, 3.05) is 0 Å². The Morgan fingerprint density at radius 1 is 1.25 bits per heavy atom. The maximum Gasteiger partial charge on any atom is 0.744 e. The van der Waals surface area contributed by atoms with Gasteiger partial charge in [-0.1, -0.05) is 6.07 Å². The molecule has 0 aromatic carbocycles. The molecule has 4 nitrogen and oxygen atoms in total. The molecule has 0 saturated carbocycles. The summed E-state index contributed by atoms with van der Waals surface area (Å²) in [5.41, 5.74) is -0.147. The molecular weight excluding hydrogens is 157 g/mol. The minimum absolute atomic E-state index is 0.147. The van der Waals surface area contributed by atoms with Crippen molar-refractivity contribution in [3.8, 4) is 0 Å². The van der Waals surface area contributed by atoms with Crippen LogP contribution in [0.15, 0.2) is 41.7 Å². The first-order valence-corrected chi connectivity index (χ1v) is 3.51. The molecule has 0 atom stereocenters. The SMILES string of the molecule is O=c1ccccn1B1OC=CO1. The van der Waals surface area contributed by atoms with E-state index >= 15 is 0 Å². The molecule has 1 aliphatic heterocycles. The highest BCUT2D eigenvalue weighted by molar-refractivity contribution is 6.43. The van der Waals surface area contributed by atoms with Crippen LogP contribution in [0, 0.1) is 0 Å². The lowest BCUT2D eigenvalue weighted by molar-refractivity contribution is 0.389. The Labute approximate surface area is 69.2 Å². The Hall–Kier alpha value is -1.65. The van der Waals surface area contributed by atoms with E-state index in [4.69, 9.17) is 9.31 Å². The van der Waals surface area contributed by atoms with Gasteiger partial charge in [0.15, 0.2) is 0 Å². The third-order valence-electron chi connectivity index (χ3n) is 1.52. The topological polar surface area (TPSA) is 40.5 Å². The van der Waals surface area contributed by atoms with Crippen molar-refractivity contribution in [3.63, 3.8) is 0 Å². The normalized spacial score (nSPS) is 14.2. The van der Waals surface area contributed by atoms with Gasteiger partial charge in [0.2, 0.25) is 5.56 Å². The summed E-state index contributed by atoms with van der Waals surface area (Å²) >= 11 is 0. The Morgan fingerprint density at radius 2 is 2.00 bits per heavy atom. The predicted molar refractivity (Wildman–Crippen MR) is 43.2 cm³/mol. The summed E-state index contributed by atoms with van der Waals surface area (Å²) < 4.78 is 11.3. The maximum absolute atomic E-state index is 11.2. The quantitative estimate of drug-likeness (QED) is 0.555. The molecule has 0 amide bonds. The van der Waals surface area contributed by atoms with Crippen molar-refractivity contribution >= 4 is 7.25 Å². The lowest BCUT2D eigenvalue weighted by Crippen LogP contribution is -2.35. The van der Waals surface area contributed by atoms with Crippen LogP contribution in [0.2, 0.25) is 0 Å². The molecule has 0 N–H and O–H groups in total. The van der Waals surface area contributed by atoms with E-state index in [-0.39, 0.29) is 5.56 Å². The van der Waals surface area contributed by atoms with Crippen molar-refractivity contribution in [2.24, 2.45) is 0 Å².